The molecule has 0 radical (unpaired) electrons. The summed E-state index contributed by atoms with van der Waals surface area (Å²) in [4.78, 5) is 11.0. The average molecular weight is 170 g/mol. The van der Waals surface area contributed by atoms with Crippen LogP contribution in [0.15, 0.2) is 12.4 Å². The van der Waals surface area contributed by atoms with E-state index in [0.29, 0.717) is 12.2 Å². The van der Waals surface area contributed by atoms with Crippen LogP contribution in [-0.4, -0.2) is 27.5 Å². The first kappa shape index (κ1) is 8.73. The maximum absolute atomic E-state index is 11.0. The second-order valence-electron chi connectivity index (χ2n) is 2.13. The van der Waals surface area contributed by atoms with Crippen LogP contribution in [0.2, 0.25) is 0 Å². The molecular formula is C7H10N2O3. The van der Waals surface area contributed by atoms with Crippen molar-refractivity contribution in [2.75, 3.05) is 6.61 Å². The van der Waals surface area contributed by atoms with Gasteiger partial charge in [-0.05, 0) is 6.92 Å². The number of carbonyl (C=O) groups excluding carboxylic acids is 1. The molecule has 5 nitrogen and oxygen atoms in total. The highest BCUT2D eigenvalue weighted by Crippen LogP contribution is 1.99. The first-order valence-corrected chi connectivity index (χ1v) is 3.58. The third-order valence-corrected chi connectivity index (χ3v) is 1.29. The maximum atomic E-state index is 11.0. The monoisotopic (exact) mass is 170 g/mol. The Kier molecular flexibility index (Phi) is 2.82. The number of hydrogen-bond donors (Lipinski definition) is 1. The van der Waals surface area contributed by atoms with E-state index in [-0.39, 0.29) is 6.73 Å². The van der Waals surface area contributed by atoms with Gasteiger partial charge in [-0.25, -0.2) is 9.48 Å². The van der Waals surface area contributed by atoms with E-state index in [2.05, 4.69) is 5.10 Å². The minimum Gasteiger partial charge on any atom is -0.462 e. The molecule has 1 rings (SSSR count). The highest BCUT2D eigenvalue weighted by molar-refractivity contribution is 5.88. The lowest BCUT2D eigenvalue weighted by atomic mass is 10.4. The van der Waals surface area contributed by atoms with Crippen molar-refractivity contribution >= 4 is 5.97 Å². The van der Waals surface area contributed by atoms with Crippen molar-refractivity contribution in [1.29, 1.82) is 0 Å². The fourth-order valence-corrected chi connectivity index (χ4v) is 0.761. The molecule has 0 saturated carbocycles. The van der Waals surface area contributed by atoms with E-state index in [1.165, 1.54) is 17.1 Å². The molecule has 0 aromatic carbocycles. The smallest absolute Gasteiger partial charge is 0.341 e. The fourth-order valence-electron chi connectivity index (χ4n) is 0.761. The summed E-state index contributed by atoms with van der Waals surface area (Å²) in [6.45, 7) is 1.83. The average Bonchev–Trinajstić information content (AvgIpc) is 2.52. The molecule has 1 aromatic rings. The van der Waals surface area contributed by atoms with E-state index in [4.69, 9.17) is 9.84 Å². The van der Waals surface area contributed by atoms with Crippen LogP contribution in [0.5, 0.6) is 0 Å². The third-order valence-electron chi connectivity index (χ3n) is 1.29. The van der Waals surface area contributed by atoms with Crippen LogP contribution in [-0.2, 0) is 11.5 Å². The first-order chi connectivity index (χ1) is 5.77. The van der Waals surface area contributed by atoms with Crippen LogP contribution in [0, 0.1) is 0 Å². The molecular weight excluding hydrogens is 160 g/mol. The lowest BCUT2D eigenvalue weighted by Gasteiger charge is -1.96. The van der Waals surface area contributed by atoms with Gasteiger partial charge in [0.05, 0.1) is 18.4 Å². The summed E-state index contributed by atoms with van der Waals surface area (Å²) in [5.41, 5.74) is 0.353. The molecule has 66 valence electrons. The van der Waals surface area contributed by atoms with Gasteiger partial charge in [0.1, 0.15) is 6.73 Å². The van der Waals surface area contributed by atoms with Gasteiger partial charge in [-0.3, -0.25) is 0 Å². The van der Waals surface area contributed by atoms with Crippen LogP contribution >= 0.6 is 0 Å². The van der Waals surface area contributed by atoms with Gasteiger partial charge in [0.2, 0.25) is 0 Å². The number of ether oxygens (including phenoxy) is 1. The van der Waals surface area contributed by atoms with Crippen molar-refractivity contribution in [3.63, 3.8) is 0 Å². The number of aliphatic hydroxyl groups excluding tert-OH is 1. The normalized spacial score (nSPS) is 9.83. The van der Waals surface area contributed by atoms with E-state index < -0.39 is 5.97 Å². The molecule has 12 heavy (non-hydrogen) atoms. The molecule has 0 aliphatic rings. The number of aromatic nitrogens is 2. The molecule has 1 heterocycles. The Balaban J connectivity index is 2.68. The number of rotatable bonds is 3. The van der Waals surface area contributed by atoms with Crippen LogP contribution in [0.25, 0.3) is 0 Å². The van der Waals surface area contributed by atoms with Gasteiger partial charge in [-0.15, -0.1) is 0 Å². The van der Waals surface area contributed by atoms with Gasteiger partial charge in [-0.1, -0.05) is 0 Å². The number of nitrogens with zero attached hydrogens (tertiary/aromatic N) is 2. The van der Waals surface area contributed by atoms with Crippen molar-refractivity contribution in [3.8, 4) is 0 Å². The van der Waals surface area contributed by atoms with Crippen molar-refractivity contribution in [2.24, 2.45) is 0 Å². The molecule has 0 atom stereocenters. The number of hydrogen-bond acceptors (Lipinski definition) is 4. The van der Waals surface area contributed by atoms with Crippen molar-refractivity contribution < 1.29 is 14.6 Å². The molecule has 5 heteroatoms. The Bertz CT molecular complexity index is 269. The molecule has 0 fully saturated rings. The van der Waals surface area contributed by atoms with Crippen molar-refractivity contribution in [2.45, 2.75) is 13.7 Å². The van der Waals surface area contributed by atoms with Crippen LogP contribution in [0.4, 0.5) is 0 Å². The fraction of sp³-hybridized carbons (Fsp3) is 0.429. The lowest BCUT2D eigenvalue weighted by Crippen LogP contribution is -2.03. The van der Waals surface area contributed by atoms with E-state index in [9.17, 15) is 4.79 Å². The Hall–Kier alpha value is -1.36. The zero-order valence-corrected chi connectivity index (χ0v) is 6.73. The van der Waals surface area contributed by atoms with Crippen LogP contribution in [0.1, 0.15) is 17.3 Å². The van der Waals surface area contributed by atoms with Crippen LogP contribution in [0.3, 0.4) is 0 Å². The van der Waals surface area contributed by atoms with Gasteiger partial charge in [0.25, 0.3) is 0 Å². The zero-order valence-electron chi connectivity index (χ0n) is 6.73. The maximum Gasteiger partial charge on any atom is 0.341 e. The summed E-state index contributed by atoms with van der Waals surface area (Å²) in [6, 6.07) is 0. The molecule has 0 saturated heterocycles. The molecule has 0 unspecified atom stereocenters. The topological polar surface area (TPSA) is 64.3 Å². The zero-order chi connectivity index (χ0) is 8.97. The Morgan fingerprint density at radius 3 is 3.08 bits per heavy atom. The summed E-state index contributed by atoms with van der Waals surface area (Å²) in [6.07, 6.45) is 2.78. The standard InChI is InChI=1S/C7H10N2O3/c1-2-12-7(11)6-3-8-9(4-6)5-10/h3-4,10H,2,5H2,1H3. The predicted molar refractivity (Wildman–Crippen MR) is 40.4 cm³/mol. The molecule has 1 aromatic heterocycles. The second-order valence-corrected chi connectivity index (χ2v) is 2.13. The molecule has 0 spiro atoms. The van der Waals surface area contributed by atoms with E-state index >= 15 is 0 Å². The van der Waals surface area contributed by atoms with Crippen molar-refractivity contribution in [3.05, 3.63) is 18.0 Å². The van der Waals surface area contributed by atoms with E-state index in [1.54, 1.807) is 6.92 Å². The molecule has 0 aliphatic heterocycles. The van der Waals surface area contributed by atoms with Crippen LogP contribution < -0.4 is 0 Å². The summed E-state index contributed by atoms with van der Waals surface area (Å²) < 4.78 is 5.95. The largest absolute Gasteiger partial charge is 0.462 e. The first-order valence-electron chi connectivity index (χ1n) is 3.58. The molecule has 1 N–H and O–H groups in total. The van der Waals surface area contributed by atoms with Gasteiger partial charge in [-0.2, -0.15) is 5.10 Å². The van der Waals surface area contributed by atoms with Gasteiger partial charge >= 0.3 is 5.97 Å². The highest BCUT2D eigenvalue weighted by Gasteiger charge is 2.07. The number of aliphatic hydroxyl groups is 1. The predicted octanol–water partition coefficient (Wildman–Crippen LogP) is 0.00960. The minimum atomic E-state index is -0.419. The van der Waals surface area contributed by atoms with Gasteiger partial charge in [0.15, 0.2) is 0 Å². The molecule has 0 aliphatic carbocycles. The highest BCUT2D eigenvalue weighted by atomic mass is 16.5. The van der Waals surface area contributed by atoms with E-state index in [0.717, 1.165) is 0 Å². The molecule has 0 bridgehead atoms. The second kappa shape index (κ2) is 3.87. The van der Waals surface area contributed by atoms with Crippen molar-refractivity contribution in [1.82, 2.24) is 9.78 Å². The Labute approximate surface area is 69.6 Å². The lowest BCUT2D eigenvalue weighted by molar-refractivity contribution is 0.0526. The summed E-state index contributed by atoms with van der Waals surface area (Å²) in [7, 11) is 0. The quantitative estimate of drug-likeness (QED) is 0.649. The number of carbonyl (C=O) groups is 1. The molecule has 0 amide bonds. The third kappa shape index (κ3) is 1.82. The summed E-state index contributed by atoms with van der Waals surface area (Å²) >= 11 is 0. The van der Waals surface area contributed by atoms with Gasteiger partial charge in [0, 0.05) is 6.20 Å². The number of esters is 1. The summed E-state index contributed by atoms with van der Waals surface area (Å²) in [5.74, 6) is -0.419. The summed E-state index contributed by atoms with van der Waals surface area (Å²) in [5, 5.41) is 12.3. The Morgan fingerprint density at radius 2 is 2.58 bits per heavy atom. The Morgan fingerprint density at radius 1 is 1.83 bits per heavy atom. The van der Waals surface area contributed by atoms with Gasteiger partial charge < -0.3 is 9.84 Å². The minimum absolute atomic E-state index is 0.237. The van der Waals surface area contributed by atoms with E-state index in [1.807, 2.05) is 0 Å². The SMILES string of the molecule is CCOC(=O)c1cnn(CO)c1.